The van der Waals surface area contributed by atoms with E-state index in [0.29, 0.717) is 41.0 Å². The number of carbonyl (C=O) groups excluding carboxylic acids is 2. The summed E-state index contributed by atoms with van der Waals surface area (Å²) in [6.07, 6.45) is 1.42. The van der Waals surface area contributed by atoms with E-state index in [0.717, 1.165) is 0 Å². The normalized spacial score (nSPS) is 10.4. The Bertz CT molecular complexity index is 826. The highest BCUT2D eigenvalue weighted by Crippen LogP contribution is 2.39. The predicted molar refractivity (Wildman–Crippen MR) is 105 cm³/mol. The molecule has 2 rings (SSSR count). The summed E-state index contributed by atoms with van der Waals surface area (Å²) >= 11 is 0. The molecule has 1 heterocycles. The average Bonchev–Trinajstić information content (AvgIpc) is 2.71. The van der Waals surface area contributed by atoms with E-state index >= 15 is 0 Å². The number of anilines is 1. The highest BCUT2D eigenvalue weighted by molar-refractivity contribution is 6.05. The van der Waals surface area contributed by atoms with Crippen LogP contribution in [0.4, 0.5) is 5.69 Å². The number of rotatable bonds is 8. The Balaban J connectivity index is 2.21. The predicted octanol–water partition coefficient (Wildman–Crippen LogP) is 2.75. The van der Waals surface area contributed by atoms with Crippen LogP contribution in [0.25, 0.3) is 0 Å². The molecule has 0 saturated heterocycles. The van der Waals surface area contributed by atoms with Gasteiger partial charge in [-0.05, 0) is 18.1 Å². The smallest absolute Gasteiger partial charge is 0.274 e. The summed E-state index contributed by atoms with van der Waals surface area (Å²) in [4.78, 5) is 28.8. The molecular weight excluding hydrogens is 362 g/mol. The molecule has 2 N–H and O–H groups in total. The van der Waals surface area contributed by atoms with Crippen molar-refractivity contribution in [2.24, 2.45) is 5.92 Å². The van der Waals surface area contributed by atoms with Crippen LogP contribution in [-0.4, -0.2) is 44.7 Å². The van der Waals surface area contributed by atoms with Crippen LogP contribution in [0.15, 0.2) is 30.5 Å². The highest BCUT2D eigenvalue weighted by Gasteiger charge is 2.16. The fourth-order valence-electron chi connectivity index (χ4n) is 2.44. The quantitative estimate of drug-likeness (QED) is 0.723. The number of hydrogen-bond donors (Lipinski definition) is 2. The lowest BCUT2D eigenvalue weighted by Crippen LogP contribution is -2.27. The number of pyridine rings is 1. The number of carbonyl (C=O) groups is 2. The molecule has 1 aromatic carbocycles. The summed E-state index contributed by atoms with van der Waals surface area (Å²) in [5.41, 5.74) is 0.924. The van der Waals surface area contributed by atoms with Crippen LogP contribution in [0.3, 0.4) is 0 Å². The molecule has 0 spiro atoms. The number of methoxy groups -OCH3 is 3. The molecule has 8 heteroatoms. The van der Waals surface area contributed by atoms with Crippen LogP contribution < -0.4 is 24.8 Å². The second-order valence-electron chi connectivity index (χ2n) is 6.40. The number of nitrogens with one attached hydrogen (secondary N) is 2. The summed E-state index contributed by atoms with van der Waals surface area (Å²) in [6.45, 7) is 4.56. The van der Waals surface area contributed by atoms with E-state index in [4.69, 9.17) is 14.2 Å². The number of benzene rings is 1. The molecule has 1 aromatic heterocycles. The molecule has 0 aliphatic carbocycles. The van der Waals surface area contributed by atoms with Gasteiger partial charge in [-0.1, -0.05) is 13.8 Å². The molecule has 0 saturated carbocycles. The topological polar surface area (TPSA) is 98.8 Å². The van der Waals surface area contributed by atoms with Gasteiger partial charge in [0, 0.05) is 36.1 Å². The van der Waals surface area contributed by atoms with Crippen LogP contribution in [-0.2, 0) is 0 Å². The lowest BCUT2D eigenvalue weighted by Gasteiger charge is -2.14. The summed E-state index contributed by atoms with van der Waals surface area (Å²) in [5, 5.41) is 5.54. The van der Waals surface area contributed by atoms with Crippen molar-refractivity contribution in [2.75, 3.05) is 33.2 Å². The van der Waals surface area contributed by atoms with E-state index in [1.54, 1.807) is 18.2 Å². The van der Waals surface area contributed by atoms with Crippen LogP contribution >= 0.6 is 0 Å². The molecule has 0 aliphatic rings. The number of nitrogens with zero attached hydrogens (tertiary/aromatic N) is 1. The summed E-state index contributed by atoms with van der Waals surface area (Å²) in [5.74, 6) is 0.850. The van der Waals surface area contributed by atoms with Crippen LogP contribution in [0.1, 0.15) is 34.7 Å². The van der Waals surface area contributed by atoms with E-state index < -0.39 is 5.91 Å². The van der Waals surface area contributed by atoms with Crippen molar-refractivity contribution in [1.82, 2.24) is 10.3 Å². The van der Waals surface area contributed by atoms with Gasteiger partial charge in [-0.25, -0.2) is 0 Å². The molecule has 0 fully saturated rings. The monoisotopic (exact) mass is 387 g/mol. The average molecular weight is 387 g/mol. The number of hydrogen-bond acceptors (Lipinski definition) is 6. The van der Waals surface area contributed by atoms with Crippen molar-refractivity contribution in [3.63, 3.8) is 0 Å². The Morgan fingerprint density at radius 1 is 1.00 bits per heavy atom. The van der Waals surface area contributed by atoms with Crippen molar-refractivity contribution in [3.05, 3.63) is 41.7 Å². The molecule has 0 aliphatic heterocycles. The van der Waals surface area contributed by atoms with Crippen molar-refractivity contribution in [1.29, 1.82) is 0 Å². The number of amides is 2. The minimum Gasteiger partial charge on any atom is -0.493 e. The molecule has 150 valence electrons. The zero-order valence-electron chi connectivity index (χ0n) is 16.7. The van der Waals surface area contributed by atoms with E-state index in [9.17, 15) is 9.59 Å². The Hall–Kier alpha value is -3.29. The van der Waals surface area contributed by atoms with E-state index in [-0.39, 0.29) is 11.6 Å². The second-order valence-corrected chi connectivity index (χ2v) is 6.40. The number of ether oxygens (including phenoxy) is 3. The first-order chi connectivity index (χ1) is 13.4. The maximum Gasteiger partial charge on any atom is 0.274 e. The van der Waals surface area contributed by atoms with Gasteiger partial charge in [-0.15, -0.1) is 0 Å². The van der Waals surface area contributed by atoms with E-state index in [1.165, 1.54) is 33.6 Å². The highest BCUT2D eigenvalue weighted by atomic mass is 16.5. The van der Waals surface area contributed by atoms with Gasteiger partial charge in [0.25, 0.3) is 11.8 Å². The van der Waals surface area contributed by atoms with Gasteiger partial charge in [0.05, 0.1) is 21.3 Å². The Morgan fingerprint density at radius 3 is 2.18 bits per heavy atom. The maximum absolute atomic E-state index is 12.6. The maximum atomic E-state index is 12.6. The van der Waals surface area contributed by atoms with Crippen molar-refractivity contribution >= 4 is 17.5 Å². The fraction of sp³-hybridized carbons (Fsp3) is 0.350. The fourth-order valence-corrected chi connectivity index (χ4v) is 2.44. The second kappa shape index (κ2) is 9.59. The lowest BCUT2D eigenvalue weighted by atomic mass is 10.2. The minimum absolute atomic E-state index is 0.117. The van der Waals surface area contributed by atoms with Gasteiger partial charge < -0.3 is 24.8 Å². The van der Waals surface area contributed by atoms with Crippen molar-refractivity contribution in [3.8, 4) is 17.2 Å². The van der Waals surface area contributed by atoms with Crippen LogP contribution in [0, 0.1) is 5.92 Å². The summed E-state index contributed by atoms with van der Waals surface area (Å²) in [6, 6.07) is 6.23. The van der Waals surface area contributed by atoms with Crippen molar-refractivity contribution in [2.45, 2.75) is 13.8 Å². The van der Waals surface area contributed by atoms with Crippen LogP contribution in [0.2, 0.25) is 0 Å². The first-order valence-electron chi connectivity index (χ1n) is 8.75. The molecule has 2 aromatic rings. The van der Waals surface area contributed by atoms with Gasteiger partial charge in [0.1, 0.15) is 5.69 Å². The van der Waals surface area contributed by atoms with Gasteiger partial charge in [-0.2, -0.15) is 0 Å². The largest absolute Gasteiger partial charge is 0.493 e. The first-order valence-corrected chi connectivity index (χ1v) is 8.75. The SMILES string of the molecule is COc1cc(NC(=O)c2cc(C(=O)NCC(C)C)ccn2)cc(OC)c1OC. The third kappa shape index (κ3) is 5.12. The molecule has 0 unspecified atom stereocenters. The zero-order valence-corrected chi connectivity index (χ0v) is 16.7. The molecule has 0 bridgehead atoms. The molecular formula is C20H25N3O5. The lowest BCUT2D eigenvalue weighted by molar-refractivity contribution is 0.0949. The molecule has 28 heavy (non-hydrogen) atoms. The van der Waals surface area contributed by atoms with Gasteiger partial charge in [-0.3, -0.25) is 14.6 Å². The number of aromatic nitrogens is 1. The van der Waals surface area contributed by atoms with Gasteiger partial charge in [0.15, 0.2) is 11.5 Å². The third-order valence-corrected chi connectivity index (χ3v) is 3.85. The Kier molecular flexibility index (Phi) is 7.20. The molecule has 0 radical (unpaired) electrons. The van der Waals surface area contributed by atoms with Crippen LogP contribution in [0.5, 0.6) is 17.2 Å². The minimum atomic E-state index is -0.465. The van der Waals surface area contributed by atoms with E-state index in [2.05, 4.69) is 15.6 Å². The van der Waals surface area contributed by atoms with E-state index in [1.807, 2.05) is 13.8 Å². The standard InChI is InChI=1S/C20H25N3O5/c1-12(2)11-22-19(24)13-6-7-21-15(8-13)20(25)23-14-9-16(26-3)18(28-5)17(10-14)27-4/h6-10,12H,11H2,1-5H3,(H,22,24)(H,23,25). The summed E-state index contributed by atoms with van der Waals surface area (Å²) < 4.78 is 15.8. The Labute approximate surface area is 164 Å². The third-order valence-electron chi connectivity index (χ3n) is 3.85. The van der Waals surface area contributed by atoms with Gasteiger partial charge >= 0.3 is 0 Å². The van der Waals surface area contributed by atoms with Gasteiger partial charge in [0.2, 0.25) is 5.75 Å². The molecule has 8 nitrogen and oxygen atoms in total. The first kappa shape index (κ1) is 21.0. The zero-order chi connectivity index (χ0) is 20.7. The van der Waals surface area contributed by atoms with Crippen molar-refractivity contribution < 1.29 is 23.8 Å². The summed E-state index contributed by atoms with van der Waals surface area (Å²) in [7, 11) is 4.48. The Morgan fingerprint density at radius 2 is 1.64 bits per heavy atom. The molecule has 0 atom stereocenters. The molecule has 2 amide bonds.